The number of halogens is 1. The van der Waals surface area contributed by atoms with Crippen LogP contribution < -0.4 is 5.32 Å². The summed E-state index contributed by atoms with van der Waals surface area (Å²) >= 11 is 3.78. The van der Waals surface area contributed by atoms with Crippen molar-refractivity contribution >= 4 is 23.5 Å². The van der Waals surface area contributed by atoms with E-state index in [0.717, 1.165) is 50.3 Å². The van der Waals surface area contributed by atoms with Gasteiger partial charge in [0, 0.05) is 35.4 Å². The van der Waals surface area contributed by atoms with Gasteiger partial charge in [0.05, 0.1) is 0 Å². The maximum absolute atomic E-state index is 13.5. The second kappa shape index (κ2) is 6.90. The normalized spacial score (nSPS) is 24.6. The van der Waals surface area contributed by atoms with Crippen molar-refractivity contribution in [1.29, 1.82) is 0 Å². The summed E-state index contributed by atoms with van der Waals surface area (Å²) in [5.74, 6) is 0.972. The molecular weight excluding hydrogens is 305 g/mol. The lowest BCUT2D eigenvalue weighted by Crippen LogP contribution is -2.43. The molecule has 2 aliphatic rings. The standard InChI is InChI=1S/C16H22FNOS2/c1-20-16(5-7-19-8-6-16)11-18-14-4-9-21-15-3-2-12(17)10-13(14)15/h2-3,10,14,18H,4-9,11H2,1H3/t14-/m1/s1. The number of rotatable bonds is 4. The van der Waals surface area contributed by atoms with Gasteiger partial charge < -0.3 is 10.1 Å². The Morgan fingerprint density at radius 1 is 1.43 bits per heavy atom. The van der Waals surface area contributed by atoms with E-state index < -0.39 is 0 Å². The first-order chi connectivity index (χ1) is 10.2. The number of nitrogens with one attached hydrogen (secondary N) is 1. The summed E-state index contributed by atoms with van der Waals surface area (Å²) < 4.78 is 19.3. The highest BCUT2D eigenvalue weighted by molar-refractivity contribution is 8.00. The largest absolute Gasteiger partial charge is 0.381 e. The lowest BCUT2D eigenvalue weighted by Gasteiger charge is -2.38. The van der Waals surface area contributed by atoms with Crippen LogP contribution >= 0.6 is 23.5 Å². The Balaban J connectivity index is 1.70. The van der Waals surface area contributed by atoms with Crippen LogP contribution in [-0.4, -0.2) is 36.5 Å². The zero-order chi connectivity index (χ0) is 14.7. The topological polar surface area (TPSA) is 21.3 Å². The van der Waals surface area contributed by atoms with E-state index in [2.05, 4.69) is 11.6 Å². The molecule has 1 fully saturated rings. The molecule has 0 saturated carbocycles. The third-order valence-electron chi connectivity index (χ3n) is 4.52. The highest BCUT2D eigenvalue weighted by atomic mass is 32.2. The van der Waals surface area contributed by atoms with Crippen molar-refractivity contribution in [2.24, 2.45) is 0 Å². The molecule has 116 valence electrons. The van der Waals surface area contributed by atoms with Crippen molar-refractivity contribution in [1.82, 2.24) is 5.32 Å². The Kier molecular flexibility index (Phi) is 5.15. The monoisotopic (exact) mass is 327 g/mol. The van der Waals surface area contributed by atoms with Gasteiger partial charge >= 0.3 is 0 Å². The van der Waals surface area contributed by atoms with E-state index in [9.17, 15) is 4.39 Å². The lowest BCUT2D eigenvalue weighted by molar-refractivity contribution is 0.0764. The van der Waals surface area contributed by atoms with Crippen molar-refractivity contribution in [2.75, 3.05) is 31.8 Å². The molecule has 1 N–H and O–H groups in total. The molecule has 0 aromatic heterocycles. The van der Waals surface area contributed by atoms with Crippen molar-refractivity contribution in [3.63, 3.8) is 0 Å². The maximum Gasteiger partial charge on any atom is 0.123 e. The number of fused-ring (bicyclic) bond motifs is 1. The fraction of sp³-hybridized carbons (Fsp3) is 0.625. The molecule has 0 spiro atoms. The quantitative estimate of drug-likeness (QED) is 0.906. The summed E-state index contributed by atoms with van der Waals surface area (Å²) in [6.45, 7) is 2.69. The van der Waals surface area contributed by atoms with Gasteiger partial charge in [0.2, 0.25) is 0 Å². The smallest absolute Gasteiger partial charge is 0.123 e. The predicted molar refractivity (Wildman–Crippen MR) is 88.8 cm³/mol. The number of ether oxygens (including phenoxy) is 1. The first kappa shape index (κ1) is 15.7. The zero-order valence-electron chi connectivity index (χ0n) is 12.4. The number of thioether (sulfide) groups is 2. The Bertz CT molecular complexity index is 491. The third kappa shape index (κ3) is 3.58. The highest BCUT2D eigenvalue weighted by Gasteiger charge is 2.33. The fourth-order valence-corrected chi connectivity index (χ4v) is 4.99. The summed E-state index contributed by atoms with van der Waals surface area (Å²) in [4.78, 5) is 1.23. The minimum Gasteiger partial charge on any atom is -0.381 e. The van der Waals surface area contributed by atoms with Crippen LogP contribution in [0.3, 0.4) is 0 Å². The third-order valence-corrected chi connectivity index (χ3v) is 7.06. The molecule has 1 aromatic rings. The van der Waals surface area contributed by atoms with Gasteiger partial charge in [0.1, 0.15) is 5.82 Å². The minimum atomic E-state index is -0.131. The van der Waals surface area contributed by atoms with E-state index in [1.54, 1.807) is 12.1 Å². The van der Waals surface area contributed by atoms with Crippen LogP contribution in [0.2, 0.25) is 0 Å². The van der Waals surface area contributed by atoms with Gasteiger partial charge in [-0.15, -0.1) is 11.8 Å². The number of benzene rings is 1. The van der Waals surface area contributed by atoms with E-state index in [0.29, 0.717) is 0 Å². The van der Waals surface area contributed by atoms with Crippen molar-refractivity contribution in [3.05, 3.63) is 29.6 Å². The molecule has 0 bridgehead atoms. The zero-order valence-corrected chi connectivity index (χ0v) is 14.0. The molecule has 2 aliphatic heterocycles. The predicted octanol–water partition coefficient (Wildman–Crippen LogP) is 3.86. The SMILES string of the molecule is CSC1(CN[C@@H]2CCSc3ccc(F)cc32)CCOCC1. The fourth-order valence-electron chi connectivity index (χ4n) is 3.08. The van der Waals surface area contributed by atoms with Crippen LogP contribution in [0.5, 0.6) is 0 Å². The van der Waals surface area contributed by atoms with Gasteiger partial charge in [-0.05, 0) is 55.0 Å². The van der Waals surface area contributed by atoms with Crippen LogP contribution in [0.15, 0.2) is 23.1 Å². The van der Waals surface area contributed by atoms with E-state index in [4.69, 9.17) is 4.74 Å². The van der Waals surface area contributed by atoms with Gasteiger partial charge in [-0.2, -0.15) is 11.8 Å². The molecule has 0 amide bonds. The van der Waals surface area contributed by atoms with Crippen LogP contribution in [0.4, 0.5) is 4.39 Å². The molecule has 0 radical (unpaired) electrons. The molecule has 21 heavy (non-hydrogen) atoms. The average Bonchev–Trinajstić information content (AvgIpc) is 2.54. The molecule has 2 nitrogen and oxygen atoms in total. The van der Waals surface area contributed by atoms with Crippen molar-refractivity contribution in [2.45, 2.75) is 34.9 Å². The summed E-state index contributed by atoms with van der Waals surface area (Å²) in [5, 5.41) is 3.71. The van der Waals surface area contributed by atoms with Gasteiger partial charge in [-0.3, -0.25) is 0 Å². The van der Waals surface area contributed by atoms with Crippen molar-refractivity contribution < 1.29 is 9.13 Å². The highest BCUT2D eigenvalue weighted by Crippen LogP contribution is 2.38. The summed E-state index contributed by atoms with van der Waals surface area (Å²) in [5.41, 5.74) is 1.13. The molecule has 2 heterocycles. The van der Waals surface area contributed by atoms with E-state index in [1.165, 1.54) is 4.90 Å². The van der Waals surface area contributed by atoms with Gasteiger partial charge in [0.25, 0.3) is 0 Å². The summed E-state index contributed by atoms with van der Waals surface area (Å²) in [6.07, 6.45) is 5.46. The van der Waals surface area contributed by atoms with Gasteiger partial charge in [0.15, 0.2) is 0 Å². The molecule has 0 unspecified atom stereocenters. The molecule has 1 saturated heterocycles. The molecular formula is C16H22FNOS2. The number of hydrogen-bond acceptors (Lipinski definition) is 4. The van der Waals surface area contributed by atoms with Gasteiger partial charge in [-0.1, -0.05) is 0 Å². The first-order valence-corrected chi connectivity index (χ1v) is 9.72. The van der Waals surface area contributed by atoms with Crippen molar-refractivity contribution in [3.8, 4) is 0 Å². The Hall–Kier alpha value is -0.230. The van der Waals surface area contributed by atoms with Crippen LogP contribution in [0.25, 0.3) is 0 Å². The molecule has 1 atom stereocenters. The maximum atomic E-state index is 13.5. The van der Waals surface area contributed by atoms with Crippen LogP contribution in [0.1, 0.15) is 30.9 Å². The second-order valence-corrected chi connectivity index (χ2v) is 8.16. The minimum absolute atomic E-state index is 0.131. The van der Waals surface area contributed by atoms with E-state index in [-0.39, 0.29) is 16.6 Å². The van der Waals surface area contributed by atoms with Gasteiger partial charge in [-0.25, -0.2) is 4.39 Å². The molecule has 5 heteroatoms. The van der Waals surface area contributed by atoms with Crippen LogP contribution in [-0.2, 0) is 4.74 Å². The first-order valence-electron chi connectivity index (χ1n) is 7.51. The Morgan fingerprint density at radius 3 is 3.00 bits per heavy atom. The number of hydrogen-bond donors (Lipinski definition) is 1. The Morgan fingerprint density at radius 2 is 2.24 bits per heavy atom. The Labute approximate surface area is 134 Å². The summed E-state index contributed by atoms with van der Waals surface area (Å²) in [6, 6.07) is 5.47. The van der Waals surface area contributed by atoms with Crippen LogP contribution in [0, 0.1) is 5.82 Å². The molecule has 0 aliphatic carbocycles. The second-order valence-electron chi connectivity index (χ2n) is 5.75. The summed E-state index contributed by atoms with van der Waals surface area (Å²) in [7, 11) is 0. The lowest BCUT2D eigenvalue weighted by atomic mass is 9.97. The molecule has 1 aromatic carbocycles. The van der Waals surface area contributed by atoms with E-state index in [1.807, 2.05) is 29.6 Å². The average molecular weight is 327 g/mol. The van der Waals surface area contributed by atoms with E-state index >= 15 is 0 Å². The molecule has 3 rings (SSSR count).